The van der Waals surface area contributed by atoms with Gasteiger partial charge in [0.2, 0.25) is 0 Å². The number of hydrogen-bond donors (Lipinski definition) is 0. The average molecular weight is 250 g/mol. The molecule has 0 saturated heterocycles. The summed E-state index contributed by atoms with van der Waals surface area (Å²) in [6.45, 7) is 4.77. The predicted octanol–water partition coefficient (Wildman–Crippen LogP) is 6.34. The summed E-state index contributed by atoms with van der Waals surface area (Å²) in [6, 6.07) is 0. The van der Waals surface area contributed by atoms with E-state index in [1.165, 1.54) is 38.5 Å². The summed E-state index contributed by atoms with van der Waals surface area (Å²) in [6.07, 6.45) is 19.7. The zero-order valence-electron chi connectivity index (χ0n) is 12.8. The van der Waals surface area contributed by atoms with Gasteiger partial charge in [-0.1, -0.05) is 78.1 Å². The Morgan fingerprint density at radius 3 is 2.06 bits per heavy atom. The van der Waals surface area contributed by atoms with Crippen molar-refractivity contribution in [2.45, 2.75) is 97.3 Å². The molecule has 0 radical (unpaired) electrons. The van der Waals surface area contributed by atoms with E-state index in [1.54, 1.807) is 44.9 Å². The molecule has 18 heavy (non-hydrogen) atoms. The maximum atomic E-state index is 2.44. The molecule has 2 aliphatic rings. The largest absolute Gasteiger partial charge is 0.0654 e. The zero-order chi connectivity index (χ0) is 12.8. The first-order valence-corrected chi connectivity index (χ1v) is 8.78. The molecule has 0 aromatic carbocycles. The van der Waals surface area contributed by atoms with Crippen molar-refractivity contribution in [3.05, 3.63) is 0 Å². The summed E-state index contributed by atoms with van der Waals surface area (Å²) in [7, 11) is 0. The van der Waals surface area contributed by atoms with Crippen LogP contribution in [0.4, 0.5) is 0 Å². The molecule has 0 aliphatic heterocycles. The van der Waals surface area contributed by atoms with E-state index in [1.807, 2.05) is 0 Å². The highest BCUT2D eigenvalue weighted by molar-refractivity contribution is 4.87. The molecule has 2 fully saturated rings. The molecule has 0 aromatic rings. The first-order valence-electron chi connectivity index (χ1n) is 8.78. The lowest BCUT2D eigenvalue weighted by molar-refractivity contribution is 0.158. The number of hydrogen-bond acceptors (Lipinski definition) is 0. The van der Waals surface area contributed by atoms with Crippen molar-refractivity contribution < 1.29 is 0 Å². The van der Waals surface area contributed by atoms with Gasteiger partial charge in [0, 0.05) is 0 Å². The minimum absolute atomic E-state index is 0.779. The second-order valence-corrected chi connectivity index (χ2v) is 7.29. The third-order valence-corrected chi connectivity index (χ3v) is 6.07. The van der Waals surface area contributed by atoms with Gasteiger partial charge in [0.1, 0.15) is 0 Å². The molecule has 2 saturated carbocycles. The van der Waals surface area contributed by atoms with E-state index in [0.717, 1.165) is 17.3 Å². The number of unbranched alkanes of at least 4 members (excludes halogenated alkanes) is 1. The van der Waals surface area contributed by atoms with E-state index in [-0.39, 0.29) is 0 Å². The first-order chi connectivity index (χ1) is 8.78. The molecule has 0 N–H and O–H groups in total. The molecule has 106 valence electrons. The van der Waals surface area contributed by atoms with Crippen molar-refractivity contribution in [1.29, 1.82) is 0 Å². The van der Waals surface area contributed by atoms with Crippen molar-refractivity contribution in [2.24, 2.45) is 17.3 Å². The fraction of sp³-hybridized carbons (Fsp3) is 1.00. The molecular weight excluding hydrogens is 216 g/mol. The summed E-state index contributed by atoms with van der Waals surface area (Å²) in [5.74, 6) is 2.17. The van der Waals surface area contributed by atoms with Crippen molar-refractivity contribution in [1.82, 2.24) is 0 Å². The molecule has 0 atom stereocenters. The van der Waals surface area contributed by atoms with E-state index in [4.69, 9.17) is 0 Å². The lowest BCUT2D eigenvalue weighted by atomic mass is 9.70. The Hall–Kier alpha value is 0. The van der Waals surface area contributed by atoms with Crippen LogP contribution in [-0.2, 0) is 0 Å². The maximum absolute atomic E-state index is 2.44. The Bertz CT molecular complexity index is 216. The molecular formula is C18H34. The molecule has 0 unspecified atom stereocenters. The Balaban J connectivity index is 1.72. The van der Waals surface area contributed by atoms with Crippen LogP contribution >= 0.6 is 0 Å². The first kappa shape index (κ1) is 14.4. The van der Waals surface area contributed by atoms with Crippen molar-refractivity contribution >= 4 is 0 Å². The van der Waals surface area contributed by atoms with Crippen LogP contribution in [0.3, 0.4) is 0 Å². The lowest BCUT2D eigenvalue weighted by Crippen LogP contribution is -2.23. The zero-order valence-corrected chi connectivity index (χ0v) is 12.8. The topological polar surface area (TPSA) is 0 Å². The van der Waals surface area contributed by atoms with E-state index in [9.17, 15) is 0 Å². The number of rotatable bonds is 6. The molecule has 0 amide bonds. The normalized spacial score (nSPS) is 31.7. The van der Waals surface area contributed by atoms with Gasteiger partial charge in [-0.25, -0.2) is 0 Å². The van der Waals surface area contributed by atoms with Crippen LogP contribution < -0.4 is 0 Å². The molecule has 0 aromatic heterocycles. The Morgan fingerprint density at radius 1 is 0.889 bits per heavy atom. The van der Waals surface area contributed by atoms with E-state index in [0.29, 0.717) is 0 Å². The molecule has 2 aliphatic carbocycles. The third kappa shape index (κ3) is 3.75. The lowest BCUT2D eigenvalue weighted by Gasteiger charge is -2.36. The average Bonchev–Trinajstić information content (AvgIpc) is 2.87. The van der Waals surface area contributed by atoms with Gasteiger partial charge in [-0.2, -0.15) is 0 Å². The molecule has 2 rings (SSSR count). The van der Waals surface area contributed by atoms with Crippen LogP contribution in [0.2, 0.25) is 0 Å². The van der Waals surface area contributed by atoms with E-state index < -0.39 is 0 Å². The quantitative estimate of drug-likeness (QED) is 0.515. The fourth-order valence-electron chi connectivity index (χ4n) is 4.66. The van der Waals surface area contributed by atoms with Gasteiger partial charge in [-0.3, -0.25) is 0 Å². The molecule has 0 spiro atoms. The van der Waals surface area contributed by atoms with Crippen LogP contribution in [0.1, 0.15) is 97.3 Å². The third-order valence-electron chi connectivity index (χ3n) is 6.07. The van der Waals surface area contributed by atoms with Crippen LogP contribution in [0.25, 0.3) is 0 Å². The van der Waals surface area contributed by atoms with E-state index in [2.05, 4.69) is 13.8 Å². The highest BCUT2D eigenvalue weighted by Crippen LogP contribution is 2.48. The van der Waals surface area contributed by atoms with Gasteiger partial charge in [0.15, 0.2) is 0 Å². The summed E-state index contributed by atoms with van der Waals surface area (Å²) >= 11 is 0. The van der Waals surface area contributed by atoms with Crippen molar-refractivity contribution in [2.75, 3.05) is 0 Å². The van der Waals surface area contributed by atoms with Crippen LogP contribution in [0.15, 0.2) is 0 Å². The highest BCUT2D eigenvalue weighted by Gasteiger charge is 2.35. The summed E-state index contributed by atoms with van der Waals surface area (Å²) in [5, 5.41) is 0. The summed E-state index contributed by atoms with van der Waals surface area (Å²) in [5.41, 5.74) is 0.779. The van der Waals surface area contributed by atoms with Gasteiger partial charge in [-0.15, -0.1) is 0 Å². The van der Waals surface area contributed by atoms with E-state index >= 15 is 0 Å². The van der Waals surface area contributed by atoms with Crippen molar-refractivity contribution in [3.63, 3.8) is 0 Å². The highest BCUT2D eigenvalue weighted by atomic mass is 14.4. The molecule has 0 bridgehead atoms. The van der Waals surface area contributed by atoms with Gasteiger partial charge in [0.05, 0.1) is 0 Å². The second-order valence-electron chi connectivity index (χ2n) is 7.29. The van der Waals surface area contributed by atoms with Gasteiger partial charge in [-0.05, 0) is 36.5 Å². The van der Waals surface area contributed by atoms with Crippen molar-refractivity contribution in [3.8, 4) is 0 Å². The predicted molar refractivity (Wildman–Crippen MR) is 80.8 cm³/mol. The van der Waals surface area contributed by atoms with Crippen LogP contribution in [0, 0.1) is 17.3 Å². The molecule has 0 nitrogen and oxygen atoms in total. The second kappa shape index (κ2) is 6.96. The Labute approximate surface area is 115 Å². The Morgan fingerprint density at radius 2 is 1.50 bits per heavy atom. The van der Waals surface area contributed by atoms with Gasteiger partial charge < -0.3 is 0 Å². The monoisotopic (exact) mass is 250 g/mol. The van der Waals surface area contributed by atoms with Gasteiger partial charge in [0.25, 0.3) is 0 Å². The summed E-state index contributed by atoms with van der Waals surface area (Å²) < 4.78 is 0. The van der Waals surface area contributed by atoms with Crippen LogP contribution in [0.5, 0.6) is 0 Å². The molecule has 0 heteroatoms. The standard InChI is InChI=1S/C18H34/c1-3-5-8-16-9-11-17(12-10-16)15-18(4-2)13-6-7-14-18/h16-17H,3-15H2,1-2H3. The fourth-order valence-corrected chi connectivity index (χ4v) is 4.66. The van der Waals surface area contributed by atoms with Crippen LogP contribution in [-0.4, -0.2) is 0 Å². The maximum Gasteiger partial charge on any atom is -0.0297 e. The summed E-state index contributed by atoms with van der Waals surface area (Å²) in [4.78, 5) is 0. The minimum atomic E-state index is 0.779. The SMILES string of the molecule is CCCCC1CCC(CC2(CC)CCCC2)CC1. The van der Waals surface area contributed by atoms with Gasteiger partial charge >= 0.3 is 0 Å². The minimum Gasteiger partial charge on any atom is -0.0654 e. The smallest absolute Gasteiger partial charge is 0.0297 e. The molecule has 0 heterocycles. The Kier molecular flexibility index (Phi) is 5.57.